The lowest BCUT2D eigenvalue weighted by Gasteiger charge is -2.36. The van der Waals surface area contributed by atoms with Gasteiger partial charge in [0.1, 0.15) is 0 Å². The van der Waals surface area contributed by atoms with Crippen molar-refractivity contribution in [1.29, 1.82) is 0 Å². The largest absolute Gasteiger partial charge is 0.377 e. The monoisotopic (exact) mass is 342 g/mol. The molecule has 24 heavy (non-hydrogen) atoms. The van der Waals surface area contributed by atoms with Crippen LogP contribution in [0.25, 0.3) is 0 Å². The minimum atomic E-state index is 0.190. The molecule has 1 aromatic carbocycles. The van der Waals surface area contributed by atoms with E-state index in [-0.39, 0.29) is 5.91 Å². The number of hydrogen-bond acceptors (Lipinski definition) is 3. The topological polar surface area (TPSA) is 23.6 Å². The molecule has 1 amide bonds. The van der Waals surface area contributed by atoms with Crippen molar-refractivity contribution in [3.8, 4) is 0 Å². The Kier molecular flexibility index (Phi) is 5.56. The van der Waals surface area contributed by atoms with Gasteiger partial charge in [-0.3, -0.25) is 4.79 Å². The van der Waals surface area contributed by atoms with Crippen LogP contribution in [0.5, 0.6) is 0 Å². The molecule has 4 heteroatoms. The fraction of sp³-hybridized carbons (Fsp3) is 0.450. The van der Waals surface area contributed by atoms with Crippen LogP contribution < -0.4 is 4.90 Å². The Morgan fingerprint density at radius 3 is 2.79 bits per heavy atom. The average Bonchev–Trinajstić information content (AvgIpc) is 3.13. The minimum absolute atomic E-state index is 0.190. The number of amides is 1. The highest BCUT2D eigenvalue weighted by molar-refractivity contribution is 7.09. The Morgan fingerprint density at radius 2 is 2.04 bits per heavy atom. The number of aryl methyl sites for hydroxylation is 1. The van der Waals surface area contributed by atoms with Gasteiger partial charge < -0.3 is 9.80 Å². The summed E-state index contributed by atoms with van der Waals surface area (Å²) in [7, 11) is 3.99. The van der Waals surface area contributed by atoms with E-state index in [1.165, 1.54) is 11.3 Å². The summed E-state index contributed by atoms with van der Waals surface area (Å²) < 4.78 is 0. The molecule has 128 valence electrons. The molecule has 0 saturated carbocycles. The summed E-state index contributed by atoms with van der Waals surface area (Å²) in [5.74, 6) is 0.190. The molecule has 3 rings (SSSR count). The third-order valence-corrected chi connectivity index (χ3v) is 5.74. The Morgan fingerprint density at radius 1 is 1.21 bits per heavy atom. The molecule has 0 spiro atoms. The average molecular weight is 343 g/mol. The second kappa shape index (κ2) is 7.84. The summed E-state index contributed by atoms with van der Waals surface area (Å²) in [5.41, 5.74) is 1.83. The predicted octanol–water partition coefficient (Wildman–Crippen LogP) is 4.44. The molecule has 0 radical (unpaired) electrons. The van der Waals surface area contributed by atoms with Gasteiger partial charge in [0.25, 0.3) is 5.91 Å². The number of rotatable bonds is 5. The van der Waals surface area contributed by atoms with E-state index in [4.69, 9.17) is 0 Å². The zero-order chi connectivity index (χ0) is 16.9. The summed E-state index contributed by atoms with van der Waals surface area (Å²) in [5, 5.41) is 2.13. The van der Waals surface area contributed by atoms with Crippen molar-refractivity contribution in [2.24, 2.45) is 0 Å². The summed E-state index contributed by atoms with van der Waals surface area (Å²) in [6.07, 6.45) is 5.61. The number of carbonyl (C=O) groups is 1. The first-order valence-electron chi connectivity index (χ1n) is 8.76. The molecule has 0 aliphatic carbocycles. The molecule has 0 unspecified atom stereocenters. The van der Waals surface area contributed by atoms with E-state index in [2.05, 4.69) is 22.4 Å². The fourth-order valence-electron chi connectivity index (χ4n) is 3.53. The molecular weight excluding hydrogens is 316 g/mol. The molecule has 1 aliphatic rings. The van der Waals surface area contributed by atoms with Gasteiger partial charge in [0, 0.05) is 37.2 Å². The van der Waals surface area contributed by atoms with E-state index in [1.54, 1.807) is 0 Å². The Hall–Kier alpha value is -1.81. The highest BCUT2D eigenvalue weighted by Gasteiger charge is 2.28. The Labute approximate surface area is 148 Å². The third-order valence-electron chi connectivity index (χ3n) is 4.81. The smallest absolute Gasteiger partial charge is 0.256 e. The van der Waals surface area contributed by atoms with Gasteiger partial charge in [0.15, 0.2) is 0 Å². The van der Waals surface area contributed by atoms with Crippen LogP contribution in [0.4, 0.5) is 5.69 Å². The highest BCUT2D eigenvalue weighted by Crippen LogP contribution is 2.27. The maximum absolute atomic E-state index is 13.2. The second-order valence-electron chi connectivity index (χ2n) is 6.68. The normalized spacial score (nSPS) is 17.8. The molecule has 1 fully saturated rings. The molecule has 0 N–H and O–H groups in total. The highest BCUT2D eigenvalue weighted by atomic mass is 32.1. The molecule has 1 atom stereocenters. The van der Waals surface area contributed by atoms with Gasteiger partial charge in [-0.1, -0.05) is 18.2 Å². The van der Waals surface area contributed by atoms with Gasteiger partial charge in [-0.15, -0.1) is 11.3 Å². The van der Waals surface area contributed by atoms with Crippen molar-refractivity contribution in [3.63, 3.8) is 0 Å². The van der Waals surface area contributed by atoms with E-state index >= 15 is 0 Å². The molecule has 0 bridgehead atoms. The summed E-state index contributed by atoms with van der Waals surface area (Å²) in [6.45, 7) is 0.885. The van der Waals surface area contributed by atoms with Crippen LogP contribution in [0.15, 0.2) is 41.8 Å². The first-order valence-corrected chi connectivity index (χ1v) is 9.64. The fourth-order valence-corrected chi connectivity index (χ4v) is 4.26. The predicted molar refractivity (Wildman–Crippen MR) is 102 cm³/mol. The van der Waals surface area contributed by atoms with Crippen LogP contribution in [-0.4, -0.2) is 37.5 Å². The molecule has 1 aliphatic heterocycles. The lowest BCUT2D eigenvalue weighted by atomic mass is 9.96. The number of piperidine rings is 1. The number of hydrogen-bond donors (Lipinski definition) is 0. The number of carbonyl (C=O) groups excluding carboxylic acids is 1. The van der Waals surface area contributed by atoms with Crippen LogP contribution in [0.3, 0.4) is 0 Å². The number of thiophene rings is 1. The quantitative estimate of drug-likeness (QED) is 0.802. The van der Waals surface area contributed by atoms with Crippen molar-refractivity contribution in [3.05, 3.63) is 52.2 Å². The van der Waals surface area contributed by atoms with Crippen LogP contribution in [0.2, 0.25) is 0 Å². The van der Waals surface area contributed by atoms with Crippen molar-refractivity contribution >= 4 is 22.9 Å². The SMILES string of the molecule is CN(C)c1ccccc1C(=O)N1CCCC[C@H]1CCc1cccs1. The molecule has 1 saturated heterocycles. The maximum Gasteiger partial charge on any atom is 0.256 e. The van der Waals surface area contributed by atoms with Gasteiger partial charge in [-0.2, -0.15) is 0 Å². The van der Waals surface area contributed by atoms with E-state index < -0.39 is 0 Å². The van der Waals surface area contributed by atoms with Crippen LogP contribution in [0.1, 0.15) is 40.9 Å². The van der Waals surface area contributed by atoms with Crippen LogP contribution in [-0.2, 0) is 6.42 Å². The van der Waals surface area contributed by atoms with Crippen molar-refractivity contribution in [2.45, 2.75) is 38.1 Å². The van der Waals surface area contributed by atoms with Crippen LogP contribution in [0, 0.1) is 0 Å². The van der Waals surface area contributed by atoms with Gasteiger partial charge in [0.2, 0.25) is 0 Å². The summed E-state index contributed by atoms with van der Waals surface area (Å²) in [4.78, 5) is 18.8. The second-order valence-corrected chi connectivity index (χ2v) is 7.71. The number of benzene rings is 1. The number of likely N-dealkylation sites (tertiary alicyclic amines) is 1. The van der Waals surface area contributed by atoms with Crippen LogP contribution >= 0.6 is 11.3 Å². The Bertz CT molecular complexity index is 666. The van der Waals surface area contributed by atoms with Crippen molar-refractivity contribution in [1.82, 2.24) is 4.90 Å². The standard InChI is InChI=1S/C20H26N2OS/c1-21(2)19-11-4-3-10-18(19)20(23)22-14-6-5-8-16(22)12-13-17-9-7-15-24-17/h3-4,7,9-11,15-16H,5-6,8,12-14H2,1-2H3/t16-/m0/s1. The molecule has 2 heterocycles. The Balaban J connectivity index is 1.76. The van der Waals surface area contributed by atoms with Gasteiger partial charge in [-0.05, 0) is 55.7 Å². The lowest BCUT2D eigenvalue weighted by Crippen LogP contribution is -2.44. The van der Waals surface area contributed by atoms with E-state index in [0.29, 0.717) is 6.04 Å². The van der Waals surface area contributed by atoms with Crippen molar-refractivity contribution in [2.75, 3.05) is 25.5 Å². The lowest BCUT2D eigenvalue weighted by molar-refractivity contribution is 0.0603. The van der Waals surface area contributed by atoms with Crippen molar-refractivity contribution < 1.29 is 4.79 Å². The molecule has 2 aromatic rings. The number of anilines is 1. The minimum Gasteiger partial charge on any atom is -0.377 e. The number of nitrogens with zero attached hydrogens (tertiary/aromatic N) is 2. The summed E-state index contributed by atoms with van der Waals surface area (Å²) in [6, 6.07) is 12.6. The van der Waals surface area contributed by atoms with E-state index in [1.807, 2.05) is 54.6 Å². The number of para-hydroxylation sites is 1. The summed E-state index contributed by atoms with van der Waals surface area (Å²) >= 11 is 1.81. The first-order chi connectivity index (χ1) is 11.7. The first kappa shape index (κ1) is 17.0. The van der Waals surface area contributed by atoms with Gasteiger partial charge in [-0.25, -0.2) is 0 Å². The molecular formula is C20H26N2OS. The van der Waals surface area contributed by atoms with E-state index in [9.17, 15) is 4.79 Å². The third kappa shape index (κ3) is 3.81. The van der Waals surface area contributed by atoms with Gasteiger partial charge >= 0.3 is 0 Å². The molecule has 3 nitrogen and oxygen atoms in total. The van der Waals surface area contributed by atoms with Gasteiger partial charge in [0.05, 0.1) is 5.56 Å². The maximum atomic E-state index is 13.2. The zero-order valence-electron chi connectivity index (χ0n) is 14.6. The zero-order valence-corrected chi connectivity index (χ0v) is 15.4. The molecule has 1 aromatic heterocycles. The van der Waals surface area contributed by atoms with E-state index in [0.717, 1.165) is 43.5 Å².